The van der Waals surface area contributed by atoms with Crippen molar-refractivity contribution in [3.05, 3.63) is 59.4 Å². The number of amides is 2. The number of nitrogens with zero attached hydrogens (tertiary/aromatic N) is 2. The minimum absolute atomic E-state index is 0.112. The summed E-state index contributed by atoms with van der Waals surface area (Å²) in [4.78, 5) is 29.1. The summed E-state index contributed by atoms with van der Waals surface area (Å²) in [7, 11) is 0. The first-order valence-corrected chi connectivity index (χ1v) is 9.75. The van der Waals surface area contributed by atoms with Gasteiger partial charge in [0.1, 0.15) is 12.4 Å². The molecule has 0 spiro atoms. The summed E-state index contributed by atoms with van der Waals surface area (Å²) >= 11 is 5.98. The maximum Gasteiger partial charge on any atom is 0.244 e. The van der Waals surface area contributed by atoms with Gasteiger partial charge in [0.25, 0.3) is 0 Å². The molecule has 0 atom stereocenters. The normalized spacial score (nSPS) is 13.5. The van der Waals surface area contributed by atoms with Gasteiger partial charge in [-0.1, -0.05) is 29.8 Å². The Labute approximate surface area is 167 Å². The van der Waals surface area contributed by atoms with Gasteiger partial charge in [0.15, 0.2) is 0 Å². The number of anilines is 1. The molecule has 0 aliphatic heterocycles. The van der Waals surface area contributed by atoms with Crippen LogP contribution < -0.4 is 10.6 Å². The lowest BCUT2D eigenvalue weighted by Crippen LogP contribution is -2.28. The van der Waals surface area contributed by atoms with Crippen LogP contribution in [0.2, 0.25) is 5.02 Å². The number of carbonyl (C=O) groups is 2. The topological polar surface area (TPSA) is 76.0 Å². The molecule has 1 aliphatic carbocycles. The number of fused-ring (bicyclic) bond motifs is 1. The highest BCUT2D eigenvalue weighted by atomic mass is 35.5. The van der Waals surface area contributed by atoms with Gasteiger partial charge in [0, 0.05) is 29.6 Å². The monoisotopic (exact) mass is 396 g/mol. The molecule has 2 N–H and O–H groups in total. The number of hydrogen-bond donors (Lipinski definition) is 2. The third-order valence-electron chi connectivity index (χ3n) is 4.74. The summed E-state index contributed by atoms with van der Waals surface area (Å²) < 4.78 is 1.90. The van der Waals surface area contributed by atoms with Gasteiger partial charge in [-0.05, 0) is 43.2 Å². The maximum absolute atomic E-state index is 12.6. The SMILES string of the molecule is O=C(Cn1c(CCNC(=O)C2CC2)nc2ccccc21)Nc1cccc(Cl)c1. The van der Waals surface area contributed by atoms with Gasteiger partial charge in [-0.15, -0.1) is 0 Å². The van der Waals surface area contributed by atoms with E-state index in [4.69, 9.17) is 11.6 Å². The molecule has 6 nitrogen and oxygen atoms in total. The van der Waals surface area contributed by atoms with Gasteiger partial charge < -0.3 is 15.2 Å². The van der Waals surface area contributed by atoms with Gasteiger partial charge in [0.05, 0.1) is 11.0 Å². The zero-order valence-corrected chi connectivity index (χ0v) is 16.1. The molecule has 2 amide bonds. The standard InChI is InChI=1S/C21H21ClN4O2/c22-15-4-3-5-16(12-15)24-20(27)13-26-18-7-2-1-6-17(18)25-19(26)10-11-23-21(28)14-8-9-14/h1-7,12,14H,8-11,13H2,(H,23,28)(H,24,27). The van der Waals surface area contributed by atoms with E-state index in [9.17, 15) is 9.59 Å². The summed E-state index contributed by atoms with van der Waals surface area (Å²) in [6.07, 6.45) is 2.53. The third-order valence-corrected chi connectivity index (χ3v) is 4.97. The van der Waals surface area contributed by atoms with Gasteiger partial charge >= 0.3 is 0 Å². The van der Waals surface area contributed by atoms with Crippen molar-refractivity contribution in [1.29, 1.82) is 0 Å². The van der Waals surface area contributed by atoms with E-state index in [1.165, 1.54) is 0 Å². The van der Waals surface area contributed by atoms with E-state index in [0.717, 1.165) is 29.7 Å². The number of para-hydroxylation sites is 2. The first-order valence-electron chi connectivity index (χ1n) is 9.37. The molecular weight excluding hydrogens is 376 g/mol. The number of carbonyl (C=O) groups excluding carboxylic acids is 2. The second kappa shape index (κ2) is 8.02. The lowest BCUT2D eigenvalue weighted by molar-refractivity contribution is -0.122. The van der Waals surface area contributed by atoms with E-state index in [2.05, 4.69) is 15.6 Å². The Kier molecular flexibility index (Phi) is 5.30. The Morgan fingerprint density at radius 2 is 1.96 bits per heavy atom. The first kappa shape index (κ1) is 18.5. The minimum Gasteiger partial charge on any atom is -0.355 e. The van der Waals surface area contributed by atoms with E-state index < -0.39 is 0 Å². The van der Waals surface area contributed by atoms with Gasteiger partial charge in [-0.2, -0.15) is 0 Å². The largest absolute Gasteiger partial charge is 0.355 e. The summed E-state index contributed by atoms with van der Waals surface area (Å²) in [5.74, 6) is 0.913. The Bertz CT molecular complexity index is 1030. The fourth-order valence-electron chi connectivity index (χ4n) is 3.19. The van der Waals surface area contributed by atoms with E-state index in [0.29, 0.717) is 23.7 Å². The average Bonchev–Trinajstić information content (AvgIpc) is 3.46. The van der Waals surface area contributed by atoms with Crippen LogP contribution in [0.15, 0.2) is 48.5 Å². The lowest BCUT2D eigenvalue weighted by atomic mass is 10.3. The number of hydrogen-bond acceptors (Lipinski definition) is 3. The highest BCUT2D eigenvalue weighted by molar-refractivity contribution is 6.30. The van der Waals surface area contributed by atoms with Gasteiger partial charge in [0.2, 0.25) is 11.8 Å². The average molecular weight is 397 g/mol. The third kappa shape index (κ3) is 4.34. The van der Waals surface area contributed by atoms with Crippen molar-refractivity contribution >= 4 is 40.1 Å². The van der Waals surface area contributed by atoms with Crippen molar-refractivity contribution in [1.82, 2.24) is 14.9 Å². The van der Waals surface area contributed by atoms with Crippen LogP contribution in [0.4, 0.5) is 5.69 Å². The van der Waals surface area contributed by atoms with E-state index in [1.54, 1.807) is 24.3 Å². The summed E-state index contributed by atoms with van der Waals surface area (Å²) in [5, 5.41) is 6.39. The predicted molar refractivity (Wildman–Crippen MR) is 109 cm³/mol. The number of rotatable bonds is 7. The zero-order chi connectivity index (χ0) is 19.5. The van der Waals surface area contributed by atoms with Crippen LogP contribution in [0.1, 0.15) is 18.7 Å². The van der Waals surface area contributed by atoms with E-state index in [1.807, 2.05) is 28.8 Å². The fourth-order valence-corrected chi connectivity index (χ4v) is 3.38. The number of benzene rings is 2. The number of imidazole rings is 1. The number of nitrogens with one attached hydrogen (secondary N) is 2. The zero-order valence-electron chi connectivity index (χ0n) is 15.3. The van der Waals surface area contributed by atoms with Crippen molar-refractivity contribution < 1.29 is 9.59 Å². The van der Waals surface area contributed by atoms with Crippen LogP contribution in [-0.2, 0) is 22.6 Å². The van der Waals surface area contributed by atoms with Gasteiger partial charge in [-0.25, -0.2) is 4.98 Å². The van der Waals surface area contributed by atoms with Crippen LogP contribution in [0.25, 0.3) is 11.0 Å². The molecule has 1 fully saturated rings. The molecule has 2 aromatic carbocycles. The predicted octanol–water partition coefficient (Wildman–Crippen LogP) is 3.40. The van der Waals surface area contributed by atoms with Crippen LogP contribution >= 0.6 is 11.6 Å². The first-order chi connectivity index (χ1) is 13.6. The molecule has 28 heavy (non-hydrogen) atoms. The van der Waals surface area contributed by atoms with Crippen LogP contribution in [0.3, 0.4) is 0 Å². The van der Waals surface area contributed by atoms with Gasteiger partial charge in [-0.3, -0.25) is 9.59 Å². The second-order valence-corrected chi connectivity index (χ2v) is 7.41. The number of halogens is 1. The molecule has 7 heteroatoms. The van der Waals surface area contributed by atoms with Crippen molar-refractivity contribution in [2.75, 3.05) is 11.9 Å². The molecule has 0 saturated heterocycles. The molecule has 1 saturated carbocycles. The molecule has 0 bridgehead atoms. The van der Waals surface area contributed by atoms with Crippen LogP contribution in [-0.4, -0.2) is 27.9 Å². The van der Waals surface area contributed by atoms with Crippen LogP contribution in [0, 0.1) is 5.92 Å². The Hall–Kier alpha value is -2.86. The second-order valence-electron chi connectivity index (χ2n) is 6.98. The Morgan fingerprint density at radius 3 is 2.75 bits per heavy atom. The molecule has 144 valence electrons. The highest BCUT2D eigenvalue weighted by Gasteiger charge is 2.29. The van der Waals surface area contributed by atoms with Crippen molar-refractivity contribution in [3.8, 4) is 0 Å². The van der Waals surface area contributed by atoms with Crippen molar-refractivity contribution in [3.63, 3.8) is 0 Å². The molecule has 1 aromatic heterocycles. The van der Waals surface area contributed by atoms with E-state index >= 15 is 0 Å². The van der Waals surface area contributed by atoms with Crippen LogP contribution in [0.5, 0.6) is 0 Å². The number of aromatic nitrogens is 2. The molecule has 3 aromatic rings. The Morgan fingerprint density at radius 1 is 1.14 bits per heavy atom. The highest BCUT2D eigenvalue weighted by Crippen LogP contribution is 2.28. The Balaban J connectivity index is 1.49. The fraction of sp³-hybridized carbons (Fsp3) is 0.286. The molecule has 0 radical (unpaired) electrons. The van der Waals surface area contributed by atoms with Crippen molar-refractivity contribution in [2.45, 2.75) is 25.8 Å². The summed E-state index contributed by atoms with van der Waals surface area (Å²) in [5.41, 5.74) is 2.38. The minimum atomic E-state index is -0.159. The molecule has 1 heterocycles. The molecule has 0 unspecified atom stereocenters. The molecule has 1 aliphatic rings. The lowest BCUT2D eigenvalue weighted by Gasteiger charge is -2.11. The molecular formula is C21H21ClN4O2. The molecule has 4 rings (SSSR count). The van der Waals surface area contributed by atoms with E-state index in [-0.39, 0.29) is 24.3 Å². The quantitative estimate of drug-likeness (QED) is 0.642. The van der Waals surface area contributed by atoms with Crippen molar-refractivity contribution in [2.24, 2.45) is 5.92 Å². The summed E-state index contributed by atoms with van der Waals surface area (Å²) in [6.45, 7) is 0.646. The smallest absolute Gasteiger partial charge is 0.244 e. The summed E-state index contributed by atoms with van der Waals surface area (Å²) in [6, 6.07) is 14.8. The maximum atomic E-state index is 12.6.